The molecule has 4 nitrogen and oxygen atoms in total. The highest BCUT2D eigenvalue weighted by Crippen LogP contribution is 2.19. The molecule has 0 saturated heterocycles. The van der Waals surface area contributed by atoms with Gasteiger partial charge >= 0.3 is 6.18 Å². The van der Waals surface area contributed by atoms with Gasteiger partial charge in [0.2, 0.25) is 11.8 Å². The molecule has 0 atom stereocenters. The van der Waals surface area contributed by atoms with Crippen molar-refractivity contribution in [1.82, 2.24) is 9.97 Å². The molecule has 0 aliphatic rings. The van der Waals surface area contributed by atoms with Crippen LogP contribution in [0.3, 0.4) is 0 Å². The van der Waals surface area contributed by atoms with Crippen LogP contribution in [0.15, 0.2) is 12.3 Å². The van der Waals surface area contributed by atoms with Crippen molar-refractivity contribution in [2.24, 2.45) is 0 Å². The Kier molecular flexibility index (Phi) is 3.70. The molecule has 0 spiro atoms. The smallest absolute Gasteiger partial charge is 0.392 e. The van der Waals surface area contributed by atoms with Crippen LogP contribution >= 0.6 is 0 Å². The number of aromatic nitrogens is 2. The second-order valence-electron chi connectivity index (χ2n) is 2.68. The Hall–Kier alpha value is -1.53. The Morgan fingerprint density at radius 2 is 2.20 bits per heavy atom. The number of hydrogen-bond donors (Lipinski definition) is 1. The molecule has 1 N–H and O–H groups in total. The van der Waals surface area contributed by atoms with Crippen LogP contribution in [-0.2, 0) is 0 Å². The van der Waals surface area contributed by atoms with Crippen LogP contribution in [0.5, 0.6) is 5.88 Å². The lowest BCUT2D eigenvalue weighted by Gasteiger charge is -2.08. The zero-order valence-corrected chi connectivity index (χ0v) is 8.01. The van der Waals surface area contributed by atoms with Gasteiger partial charge in [-0.2, -0.15) is 18.2 Å². The maximum Gasteiger partial charge on any atom is 0.392 e. The standard InChI is InChI=1S/C8H10F3N3O/c1-12-7-13-4-2-6(14-7)15-5-3-8(9,10)11/h2,4H,3,5H2,1H3,(H,12,13,14). The molecule has 15 heavy (non-hydrogen) atoms. The van der Waals surface area contributed by atoms with Crippen LogP contribution in [0.4, 0.5) is 19.1 Å². The Morgan fingerprint density at radius 3 is 2.80 bits per heavy atom. The van der Waals surface area contributed by atoms with Crippen molar-refractivity contribution in [2.45, 2.75) is 12.6 Å². The number of rotatable bonds is 4. The van der Waals surface area contributed by atoms with Crippen molar-refractivity contribution in [1.29, 1.82) is 0 Å². The first-order valence-electron chi connectivity index (χ1n) is 4.21. The summed E-state index contributed by atoms with van der Waals surface area (Å²) in [5.74, 6) is 0.429. The first kappa shape index (κ1) is 11.5. The maximum atomic E-state index is 11.8. The van der Waals surface area contributed by atoms with Gasteiger partial charge in [-0.15, -0.1) is 0 Å². The summed E-state index contributed by atoms with van der Waals surface area (Å²) in [7, 11) is 1.61. The van der Waals surface area contributed by atoms with Gasteiger partial charge in [-0.1, -0.05) is 0 Å². The molecule has 1 rings (SSSR count). The third kappa shape index (κ3) is 4.48. The predicted octanol–water partition coefficient (Wildman–Crippen LogP) is 1.85. The predicted molar refractivity (Wildman–Crippen MR) is 47.7 cm³/mol. The van der Waals surface area contributed by atoms with E-state index in [2.05, 4.69) is 15.3 Å². The number of ether oxygens (including phenoxy) is 1. The molecule has 0 radical (unpaired) electrons. The molecule has 0 amide bonds. The molecule has 0 aliphatic heterocycles. The second-order valence-corrected chi connectivity index (χ2v) is 2.68. The van der Waals surface area contributed by atoms with E-state index in [1.54, 1.807) is 7.05 Å². The lowest BCUT2D eigenvalue weighted by molar-refractivity contribution is -0.139. The number of nitrogens with one attached hydrogen (secondary N) is 1. The summed E-state index contributed by atoms with van der Waals surface area (Å²) in [5, 5.41) is 2.65. The van der Waals surface area contributed by atoms with E-state index in [-0.39, 0.29) is 5.88 Å². The van der Waals surface area contributed by atoms with E-state index in [0.29, 0.717) is 5.95 Å². The number of halogens is 3. The van der Waals surface area contributed by atoms with Crippen molar-refractivity contribution in [3.05, 3.63) is 12.3 Å². The quantitative estimate of drug-likeness (QED) is 0.842. The van der Waals surface area contributed by atoms with Crippen LogP contribution < -0.4 is 10.1 Å². The molecule has 0 fully saturated rings. The van der Waals surface area contributed by atoms with Gasteiger partial charge in [0.05, 0.1) is 13.0 Å². The molecule has 0 saturated carbocycles. The van der Waals surface area contributed by atoms with Gasteiger partial charge in [-0.25, -0.2) is 4.98 Å². The van der Waals surface area contributed by atoms with Crippen LogP contribution in [0.2, 0.25) is 0 Å². The molecule has 0 aromatic carbocycles. The molecule has 1 aromatic rings. The summed E-state index contributed by atoms with van der Waals surface area (Å²) in [5.41, 5.74) is 0. The van der Waals surface area contributed by atoms with E-state index in [1.807, 2.05) is 0 Å². The number of nitrogens with zero attached hydrogens (tertiary/aromatic N) is 2. The van der Waals surface area contributed by atoms with Crippen molar-refractivity contribution in [3.63, 3.8) is 0 Å². The summed E-state index contributed by atoms with van der Waals surface area (Å²) in [6, 6.07) is 1.40. The maximum absolute atomic E-state index is 11.8. The zero-order chi connectivity index (χ0) is 11.3. The van der Waals surface area contributed by atoms with E-state index >= 15 is 0 Å². The monoisotopic (exact) mass is 221 g/mol. The fraction of sp³-hybridized carbons (Fsp3) is 0.500. The van der Waals surface area contributed by atoms with Crippen molar-refractivity contribution in [2.75, 3.05) is 19.0 Å². The molecular formula is C8H10F3N3O. The fourth-order valence-electron chi connectivity index (χ4n) is 0.814. The highest BCUT2D eigenvalue weighted by Gasteiger charge is 2.26. The van der Waals surface area contributed by atoms with E-state index in [4.69, 9.17) is 4.74 Å². The van der Waals surface area contributed by atoms with Gasteiger partial charge in [0.25, 0.3) is 0 Å². The minimum atomic E-state index is -4.21. The van der Waals surface area contributed by atoms with Gasteiger partial charge in [-0.3, -0.25) is 0 Å². The van der Waals surface area contributed by atoms with Gasteiger partial charge in [0.15, 0.2) is 0 Å². The third-order valence-electron chi connectivity index (χ3n) is 1.49. The highest BCUT2D eigenvalue weighted by molar-refractivity contribution is 5.25. The minimum absolute atomic E-state index is 0.124. The van der Waals surface area contributed by atoms with Crippen molar-refractivity contribution >= 4 is 5.95 Å². The van der Waals surface area contributed by atoms with Crippen LogP contribution in [0.25, 0.3) is 0 Å². The molecule has 0 unspecified atom stereocenters. The average molecular weight is 221 g/mol. The topological polar surface area (TPSA) is 47.0 Å². The minimum Gasteiger partial charge on any atom is -0.477 e. The molecule has 0 aliphatic carbocycles. The zero-order valence-electron chi connectivity index (χ0n) is 8.01. The Bertz CT molecular complexity index is 316. The summed E-state index contributed by atoms with van der Waals surface area (Å²) in [6.07, 6.45) is -3.80. The summed E-state index contributed by atoms with van der Waals surface area (Å²) in [6.45, 7) is -0.441. The summed E-state index contributed by atoms with van der Waals surface area (Å²) in [4.78, 5) is 7.59. The number of alkyl halides is 3. The largest absolute Gasteiger partial charge is 0.477 e. The van der Waals surface area contributed by atoms with Crippen molar-refractivity contribution < 1.29 is 17.9 Å². The van der Waals surface area contributed by atoms with Crippen molar-refractivity contribution in [3.8, 4) is 5.88 Å². The van der Waals surface area contributed by atoms with Gasteiger partial charge < -0.3 is 10.1 Å². The number of hydrogen-bond acceptors (Lipinski definition) is 4. The second kappa shape index (κ2) is 4.81. The molecular weight excluding hydrogens is 211 g/mol. The summed E-state index contributed by atoms with van der Waals surface area (Å²) >= 11 is 0. The van der Waals surface area contributed by atoms with Crippen LogP contribution in [0.1, 0.15) is 6.42 Å². The normalized spacial score (nSPS) is 11.2. The van der Waals surface area contributed by atoms with E-state index in [1.165, 1.54) is 12.3 Å². The highest BCUT2D eigenvalue weighted by atomic mass is 19.4. The Morgan fingerprint density at radius 1 is 1.47 bits per heavy atom. The van der Waals surface area contributed by atoms with Gasteiger partial charge in [-0.05, 0) is 0 Å². The van der Waals surface area contributed by atoms with E-state index in [9.17, 15) is 13.2 Å². The first-order valence-corrected chi connectivity index (χ1v) is 4.21. The fourth-order valence-corrected chi connectivity index (χ4v) is 0.814. The third-order valence-corrected chi connectivity index (χ3v) is 1.49. The Labute approximate surface area is 84.5 Å². The lowest BCUT2D eigenvalue weighted by atomic mass is 10.4. The lowest BCUT2D eigenvalue weighted by Crippen LogP contribution is -2.13. The van der Waals surface area contributed by atoms with E-state index < -0.39 is 19.2 Å². The Balaban J connectivity index is 2.44. The summed E-state index contributed by atoms with van der Waals surface area (Å²) < 4.78 is 40.1. The average Bonchev–Trinajstić information content (AvgIpc) is 2.16. The van der Waals surface area contributed by atoms with E-state index in [0.717, 1.165) is 0 Å². The molecule has 0 bridgehead atoms. The van der Waals surface area contributed by atoms with Gasteiger partial charge in [0, 0.05) is 19.3 Å². The van der Waals surface area contributed by atoms with Gasteiger partial charge in [0.1, 0.15) is 0 Å². The molecule has 7 heteroatoms. The molecule has 1 heterocycles. The van der Waals surface area contributed by atoms with Crippen LogP contribution in [0, 0.1) is 0 Å². The van der Waals surface area contributed by atoms with Crippen LogP contribution in [-0.4, -0.2) is 29.8 Å². The first-order chi connectivity index (χ1) is 7.01. The molecule has 1 aromatic heterocycles. The number of anilines is 1. The SMILES string of the molecule is CNc1nccc(OCCC(F)(F)F)n1. The molecule has 84 valence electrons.